The predicted molar refractivity (Wildman–Crippen MR) is 123 cm³/mol. The number of sulfone groups is 1. The average molecular weight is 478 g/mol. The van der Waals surface area contributed by atoms with Crippen LogP contribution in [0.5, 0.6) is 0 Å². The molecule has 0 unspecified atom stereocenters. The lowest BCUT2D eigenvalue weighted by molar-refractivity contribution is 0.103. The molecule has 11 heteroatoms. The highest BCUT2D eigenvalue weighted by Crippen LogP contribution is 2.44. The van der Waals surface area contributed by atoms with Crippen LogP contribution in [-0.2, 0) is 9.84 Å². The fourth-order valence-corrected chi connectivity index (χ4v) is 5.21. The van der Waals surface area contributed by atoms with E-state index in [9.17, 15) is 13.2 Å². The number of benzene rings is 3. The summed E-state index contributed by atoms with van der Waals surface area (Å²) in [4.78, 5) is 16.7. The number of carbonyl (C=O) groups is 1. The van der Waals surface area contributed by atoms with Gasteiger partial charge in [-0.25, -0.2) is 19.3 Å². The fraction of sp³-hybridized carbons (Fsp3) is 0. The number of rotatable bonds is 6. The first-order valence-electron chi connectivity index (χ1n) is 8.69. The van der Waals surface area contributed by atoms with E-state index in [-0.39, 0.29) is 31.8 Å². The number of nitrogens with zero attached hydrogens (tertiary/aromatic N) is 1. The summed E-state index contributed by atoms with van der Waals surface area (Å²) in [7, 11) is -4.19. The zero-order valence-electron chi connectivity index (χ0n) is 15.8. The maximum Gasteiger partial charge on any atom is 0.210 e. The first kappa shape index (κ1) is 22.6. The number of anilines is 2. The van der Waals surface area contributed by atoms with Crippen LogP contribution >= 0.6 is 23.2 Å². The minimum Gasteiger partial charge on any atom is -0.397 e. The highest BCUT2D eigenvalue weighted by Gasteiger charge is 2.32. The topological polar surface area (TPSA) is 154 Å². The van der Waals surface area contributed by atoms with Gasteiger partial charge >= 0.3 is 0 Å². The summed E-state index contributed by atoms with van der Waals surface area (Å²) in [6, 6.07) is 13.7. The van der Waals surface area contributed by atoms with E-state index in [0.29, 0.717) is 5.69 Å². The first-order chi connectivity index (χ1) is 14.7. The number of nitrogens with two attached hydrogens (primary N) is 3. The predicted octanol–water partition coefficient (Wildman–Crippen LogP) is 3.34. The third-order valence-corrected chi connectivity index (χ3v) is 7.10. The minimum atomic E-state index is -4.19. The second-order valence-corrected chi connectivity index (χ2v) is 8.92. The summed E-state index contributed by atoms with van der Waals surface area (Å²) in [5.74, 6) is 4.51. The molecule has 3 aromatic rings. The van der Waals surface area contributed by atoms with Crippen molar-refractivity contribution in [2.24, 2.45) is 10.8 Å². The lowest BCUT2D eigenvalue weighted by Crippen LogP contribution is -2.18. The van der Waals surface area contributed by atoms with Crippen LogP contribution in [-0.4, -0.2) is 20.5 Å². The molecule has 0 amide bonds. The Bertz CT molecular complexity index is 1300. The van der Waals surface area contributed by atoms with E-state index in [4.69, 9.17) is 40.5 Å². The van der Waals surface area contributed by atoms with Gasteiger partial charge in [0.1, 0.15) is 11.2 Å². The van der Waals surface area contributed by atoms with Crippen LogP contribution in [0.25, 0.3) is 0 Å². The molecule has 0 aliphatic rings. The Labute approximate surface area is 188 Å². The molecule has 160 valence electrons. The Balaban J connectivity index is 2.24. The van der Waals surface area contributed by atoms with Gasteiger partial charge in [-0.15, -0.1) is 0 Å². The van der Waals surface area contributed by atoms with Crippen LogP contribution in [0.1, 0.15) is 15.9 Å². The first-order valence-corrected chi connectivity index (χ1v) is 10.9. The third kappa shape index (κ3) is 4.21. The summed E-state index contributed by atoms with van der Waals surface area (Å²) in [6.07, 6.45) is 1.23. The van der Waals surface area contributed by atoms with Crippen molar-refractivity contribution in [3.63, 3.8) is 0 Å². The fourth-order valence-electron chi connectivity index (χ4n) is 2.89. The largest absolute Gasteiger partial charge is 0.397 e. The van der Waals surface area contributed by atoms with Gasteiger partial charge in [0.05, 0.1) is 37.6 Å². The summed E-state index contributed by atoms with van der Waals surface area (Å²) < 4.78 is 26.4. The molecule has 3 rings (SSSR count). The Morgan fingerprint density at radius 3 is 2.29 bits per heavy atom. The van der Waals surface area contributed by atoms with Crippen LogP contribution in [0.2, 0.25) is 10.0 Å². The van der Waals surface area contributed by atoms with E-state index >= 15 is 0 Å². The van der Waals surface area contributed by atoms with Crippen molar-refractivity contribution >= 4 is 62.2 Å². The van der Waals surface area contributed by atoms with Gasteiger partial charge in [0, 0.05) is 5.56 Å². The molecule has 31 heavy (non-hydrogen) atoms. The van der Waals surface area contributed by atoms with Crippen molar-refractivity contribution in [3.8, 4) is 0 Å². The zero-order chi connectivity index (χ0) is 22.8. The number of nitrogen functional groups attached to an aromatic ring is 2. The van der Waals surface area contributed by atoms with Crippen LogP contribution in [0.15, 0.2) is 69.4 Å². The summed E-state index contributed by atoms with van der Waals surface area (Å²) >= 11 is 12.5. The maximum absolute atomic E-state index is 13.2. The molecule has 0 fully saturated rings. The molecule has 0 aliphatic carbocycles. The second-order valence-electron chi connectivity index (χ2n) is 6.28. The SMILES string of the molecule is NNC=Nc1cccc(C(=O)c2c(N)c(S(=O)(=O)c3ccccc3)c(Cl)c(N)c2Cl)c1. The lowest BCUT2D eigenvalue weighted by Gasteiger charge is -2.17. The van der Waals surface area contributed by atoms with Crippen molar-refractivity contribution in [1.82, 2.24) is 5.43 Å². The van der Waals surface area contributed by atoms with Crippen LogP contribution in [0.3, 0.4) is 0 Å². The van der Waals surface area contributed by atoms with Gasteiger partial charge in [0.15, 0.2) is 5.78 Å². The van der Waals surface area contributed by atoms with Crippen LogP contribution in [0, 0.1) is 0 Å². The summed E-state index contributed by atoms with van der Waals surface area (Å²) in [5, 5.41) is -0.590. The van der Waals surface area contributed by atoms with Crippen LogP contribution < -0.4 is 22.7 Å². The molecular formula is C20H17Cl2N5O3S. The van der Waals surface area contributed by atoms with E-state index in [1.54, 1.807) is 30.3 Å². The van der Waals surface area contributed by atoms with E-state index in [1.165, 1.54) is 30.6 Å². The molecule has 0 spiro atoms. The monoisotopic (exact) mass is 477 g/mol. The van der Waals surface area contributed by atoms with E-state index < -0.39 is 26.2 Å². The Morgan fingerprint density at radius 2 is 1.65 bits per heavy atom. The van der Waals surface area contributed by atoms with Gasteiger partial charge < -0.3 is 16.9 Å². The molecular weight excluding hydrogens is 461 g/mol. The zero-order valence-corrected chi connectivity index (χ0v) is 18.2. The number of hydrogen-bond acceptors (Lipinski definition) is 7. The molecule has 0 heterocycles. The molecule has 0 bridgehead atoms. The standard InChI is InChI=1S/C20H17Cl2N5O3S/c21-15-14(19(28)11-5-4-6-12(9-11)26-10-27-25)17(23)20(16(22)18(15)24)31(29,30)13-7-2-1-3-8-13/h1-10H,23-25H2,(H,26,27). The van der Waals surface area contributed by atoms with Gasteiger partial charge in [0.2, 0.25) is 9.84 Å². The normalized spacial score (nSPS) is 11.6. The number of aliphatic imine (C=N–C) groups is 1. The number of carbonyl (C=O) groups excluding carboxylic acids is 1. The highest BCUT2D eigenvalue weighted by molar-refractivity contribution is 7.91. The molecule has 7 N–H and O–H groups in total. The molecule has 3 aromatic carbocycles. The summed E-state index contributed by atoms with van der Waals surface area (Å²) in [5.41, 5.74) is 14.0. The van der Waals surface area contributed by atoms with Gasteiger partial charge in [-0.2, -0.15) is 0 Å². The van der Waals surface area contributed by atoms with Gasteiger partial charge in [0.25, 0.3) is 0 Å². The minimum absolute atomic E-state index is 0.0608. The number of hydrogen-bond donors (Lipinski definition) is 4. The van der Waals surface area contributed by atoms with Crippen LogP contribution in [0.4, 0.5) is 17.1 Å². The molecule has 0 saturated carbocycles. The summed E-state index contributed by atoms with van der Waals surface area (Å²) in [6.45, 7) is 0. The van der Waals surface area contributed by atoms with Crippen molar-refractivity contribution < 1.29 is 13.2 Å². The number of hydrazine groups is 1. The number of ketones is 1. The molecule has 0 aromatic heterocycles. The van der Waals surface area contributed by atoms with Crippen molar-refractivity contribution in [2.75, 3.05) is 11.5 Å². The maximum atomic E-state index is 13.2. The highest BCUT2D eigenvalue weighted by atomic mass is 35.5. The molecule has 8 nitrogen and oxygen atoms in total. The molecule has 0 radical (unpaired) electrons. The van der Waals surface area contributed by atoms with Gasteiger partial charge in [-0.3, -0.25) is 4.79 Å². The Morgan fingerprint density at radius 1 is 0.968 bits per heavy atom. The lowest BCUT2D eigenvalue weighted by atomic mass is 10.0. The van der Waals surface area contributed by atoms with Gasteiger partial charge in [-0.1, -0.05) is 53.5 Å². The van der Waals surface area contributed by atoms with Crippen molar-refractivity contribution in [1.29, 1.82) is 0 Å². The van der Waals surface area contributed by atoms with E-state index in [2.05, 4.69) is 10.4 Å². The molecule has 0 saturated heterocycles. The van der Waals surface area contributed by atoms with E-state index in [0.717, 1.165) is 0 Å². The number of nitrogens with one attached hydrogen (secondary N) is 1. The molecule has 0 aliphatic heterocycles. The smallest absolute Gasteiger partial charge is 0.210 e. The number of halogens is 2. The third-order valence-electron chi connectivity index (χ3n) is 4.35. The average Bonchev–Trinajstić information content (AvgIpc) is 2.77. The quantitative estimate of drug-likeness (QED) is 0.106. The van der Waals surface area contributed by atoms with Gasteiger partial charge in [-0.05, 0) is 24.3 Å². The second kappa shape index (κ2) is 8.94. The Hall–Kier alpha value is -3.11. The van der Waals surface area contributed by atoms with Crippen molar-refractivity contribution in [2.45, 2.75) is 9.79 Å². The molecule has 0 atom stereocenters. The van der Waals surface area contributed by atoms with E-state index in [1.807, 2.05) is 0 Å². The Kier molecular flexibility index (Phi) is 6.51. The van der Waals surface area contributed by atoms with Crippen molar-refractivity contribution in [3.05, 3.63) is 75.8 Å².